The van der Waals surface area contributed by atoms with Crippen LogP contribution in [0.5, 0.6) is 5.75 Å². The van der Waals surface area contributed by atoms with E-state index in [2.05, 4.69) is 41.7 Å². The van der Waals surface area contributed by atoms with Crippen molar-refractivity contribution in [2.75, 3.05) is 6.61 Å². The van der Waals surface area contributed by atoms with Crippen molar-refractivity contribution in [2.24, 2.45) is 5.41 Å². The van der Waals surface area contributed by atoms with E-state index in [0.717, 1.165) is 23.2 Å². The van der Waals surface area contributed by atoms with Gasteiger partial charge in [0.2, 0.25) is 0 Å². The van der Waals surface area contributed by atoms with Gasteiger partial charge in [-0.15, -0.1) is 0 Å². The van der Waals surface area contributed by atoms with Gasteiger partial charge in [-0.2, -0.15) is 0 Å². The summed E-state index contributed by atoms with van der Waals surface area (Å²) < 4.78 is 6.52. The second-order valence-electron chi connectivity index (χ2n) is 4.50. The van der Waals surface area contributed by atoms with Crippen molar-refractivity contribution < 1.29 is 4.74 Å². The second kappa shape index (κ2) is 4.78. The summed E-state index contributed by atoms with van der Waals surface area (Å²) in [6.45, 7) is 7.35. The highest BCUT2D eigenvalue weighted by Crippen LogP contribution is 2.20. The van der Waals surface area contributed by atoms with Crippen LogP contribution in [0.3, 0.4) is 0 Å². The number of ether oxygens (including phenoxy) is 1. The van der Waals surface area contributed by atoms with E-state index in [1.54, 1.807) is 12.4 Å². The average molecular weight is 258 g/mol. The van der Waals surface area contributed by atoms with Crippen molar-refractivity contribution in [3.05, 3.63) is 22.9 Å². The molecule has 0 N–H and O–H groups in total. The number of hydrogen-bond donors (Lipinski definition) is 0. The molecular formula is C11H16BrNO. The Hall–Kier alpha value is -0.570. The minimum absolute atomic E-state index is 0.319. The number of pyridine rings is 1. The van der Waals surface area contributed by atoms with E-state index >= 15 is 0 Å². The minimum Gasteiger partial charge on any atom is -0.492 e. The quantitative estimate of drug-likeness (QED) is 0.825. The van der Waals surface area contributed by atoms with Gasteiger partial charge in [0.25, 0.3) is 0 Å². The molecule has 3 heteroatoms. The molecule has 0 unspecified atom stereocenters. The summed E-state index contributed by atoms with van der Waals surface area (Å²) in [6, 6.07) is 1.93. The van der Waals surface area contributed by atoms with Gasteiger partial charge in [-0.05, 0) is 33.8 Å². The fourth-order valence-corrected chi connectivity index (χ4v) is 1.29. The van der Waals surface area contributed by atoms with E-state index in [9.17, 15) is 0 Å². The zero-order valence-electron chi connectivity index (χ0n) is 8.88. The summed E-state index contributed by atoms with van der Waals surface area (Å²) in [5.41, 5.74) is 0.319. The lowest BCUT2D eigenvalue weighted by atomic mass is 9.93. The molecule has 14 heavy (non-hydrogen) atoms. The maximum Gasteiger partial charge on any atom is 0.138 e. The maximum absolute atomic E-state index is 5.57. The molecule has 0 aliphatic heterocycles. The standard InChI is InChI=1S/C11H16BrNO/c1-11(2,3)4-5-14-10-6-9(12)7-13-8-10/h6-8H,4-5H2,1-3H3. The molecule has 0 aliphatic carbocycles. The molecule has 1 heterocycles. The molecule has 0 saturated heterocycles. The Bertz CT molecular complexity index is 294. The van der Waals surface area contributed by atoms with Gasteiger partial charge in [0, 0.05) is 10.7 Å². The molecule has 0 fully saturated rings. The molecule has 0 atom stereocenters. The van der Waals surface area contributed by atoms with E-state index in [0.29, 0.717) is 5.41 Å². The maximum atomic E-state index is 5.57. The molecule has 0 spiro atoms. The van der Waals surface area contributed by atoms with E-state index in [-0.39, 0.29) is 0 Å². The minimum atomic E-state index is 0.319. The highest BCUT2D eigenvalue weighted by molar-refractivity contribution is 9.10. The molecule has 0 saturated carbocycles. The summed E-state index contributed by atoms with van der Waals surface area (Å²) in [5.74, 6) is 0.823. The summed E-state index contributed by atoms with van der Waals surface area (Å²) in [7, 11) is 0. The van der Waals surface area contributed by atoms with Gasteiger partial charge in [0.1, 0.15) is 5.75 Å². The highest BCUT2D eigenvalue weighted by Gasteiger charge is 2.09. The molecule has 1 rings (SSSR count). The van der Waals surface area contributed by atoms with Crippen LogP contribution < -0.4 is 4.74 Å². The second-order valence-corrected chi connectivity index (χ2v) is 5.41. The number of halogens is 1. The fourth-order valence-electron chi connectivity index (χ4n) is 0.946. The molecule has 0 amide bonds. The molecule has 78 valence electrons. The Morgan fingerprint density at radius 2 is 2.07 bits per heavy atom. The molecule has 1 aromatic rings. The molecule has 0 bridgehead atoms. The molecule has 1 aromatic heterocycles. The third-order valence-corrected chi connectivity index (χ3v) is 2.23. The number of aromatic nitrogens is 1. The van der Waals surface area contributed by atoms with Gasteiger partial charge in [-0.3, -0.25) is 4.98 Å². The lowest BCUT2D eigenvalue weighted by Crippen LogP contribution is -2.11. The number of rotatable bonds is 3. The van der Waals surface area contributed by atoms with E-state index in [1.165, 1.54) is 0 Å². The predicted molar refractivity (Wildman–Crippen MR) is 61.5 cm³/mol. The van der Waals surface area contributed by atoms with Gasteiger partial charge in [-0.1, -0.05) is 20.8 Å². The van der Waals surface area contributed by atoms with Crippen LogP contribution in [0.1, 0.15) is 27.2 Å². The summed E-state index contributed by atoms with van der Waals surface area (Å²) in [5, 5.41) is 0. The van der Waals surface area contributed by atoms with E-state index < -0.39 is 0 Å². The van der Waals surface area contributed by atoms with Crippen LogP contribution in [0, 0.1) is 5.41 Å². The predicted octanol–water partition coefficient (Wildman–Crippen LogP) is 3.66. The Morgan fingerprint density at radius 1 is 1.36 bits per heavy atom. The van der Waals surface area contributed by atoms with Crippen LogP contribution in [0.4, 0.5) is 0 Å². The summed E-state index contributed by atoms with van der Waals surface area (Å²) in [6.07, 6.45) is 4.52. The normalized spacial score (nSPS) is 11.4. The van der Waals surface area contributed by atoms with Gasteiger partial charge < -0.3 is 4.74 Å². The van der Waals surface area contributed by atoms with Crippen molar-refractivity contribution in [3.8, 4) is 5.75 Å². The first-order chi connectivity index (χ1) is 6.47. The molecule has 0 aromatic carbocycles. The SMILES string of the molecule is CC(C)(C)CCOc1cncc(Br)c1. The zero-order chi connectivity index (χ0) is 10.6. The van der Waals surface area contributed by atoms with Crippen LogP contribution in [-0.4, -0.2) is 11.6 Å². The van der Waals surface area contributed by atoms with E-state index in [1.807, 2.05) is 6.07 Å². The Balaban J connectivity index is 2.39. The Kier molecular flexibility index (Phi) is 3.93. The first kappa shape index (κ1) is 11.5. The average Bonchev–Trinajstić information content (AvgIpc) is 2.01. The van der Waals surface area contributed by atoms with Crippen LogP contribution in [-0.2, 0) is 0 Å². The first-order valence-corrected chi connectivity index (χ1v) is 5.50. The lowest BCUT2D eigenvalue weighted by molar-refractivity contribution is 0.242. The summed E-state index contributed by atoms with van der Waals surface area (Å²) >= 11 is 3.35. The fraction of sp³-hybridized carbons (Fsp3) is 0.545. The zero-order valence-corrected chi connectivity index (χ0v) is 10.5. The van der Waals surface area contributed by atoms with Crippen molar-refractivity contribution in [1.82, 2.24) is 4.98 Å². The van der Waals surface area contributed by atoms with Crippen molar-refractivity contribution >= 4 is 15.9 Å². The molecular weight excluding hydrogens is 242 g/mol. The van der Waals surface area contributed by atoms with Gasteiger partial charge >= 0.3 is 0 Å². The first-order valence-electron chi connectivity index (χ1n) is 4.71. The van der Waals surface area contributed by atoms with E-state index in [4.69, 9.17) is 4.74 Å². The molecule has 0 aliphatic rings. The van der Waals surface area contributed by atoms with Crippen LogP contribution >= 0.6 is 15.9 Å². The lowest BCUT2D eigenvalue weighted by Gasteiger charge is -2.17. The Labute approximate surface area is 93.8 Å². The van der Waals surface area contributed by atoms with Crippen molar-refractivity contribution in [3.63, 3.8) is 0 Å². The van der Waals surface area contributed by atoms with Gasteiger partial charge in [0.15, 0.2) is 0 Å². The van der Waals surface area contributed by atoms with Crippen LogP contribution in [0.2, 0.25) is 0 Å². The molecule has 0 radical (unpaired) electrons. The van der Waals surface area contributed by atoms with Crippen molar-refractivity contribution in [2.45, 2.75) is 27.2 Å². The van der Waals surface area contributed by atoms with Crippen molar-refractivity contribution in [1.29, 1.82) is 0 Å². The Morgan fingerprint density at radius 3 is 2.64 bits per heavy atom. The topological polar surface area (TPSA) is 22.1 Å². The van der Waals surface area contributed by atoms with Crippen LogP contribution in [0.15, 0.2) is 22.9 Å². The summed E-state index contributed by atoms with van der Waals surface area (Å²) in [4.78, 5) is 4.03. The molecule has 2 nitrogen and oxygen atoms in total. The highest BCUT2D eigenvalue weighted by atomic mass is 79.9. The number of hydrogen-bond acceptors (Lipinski definition) is 2. The number of nitrogens with zero attached hydrogens (tertiary/aromatic N) is 1. The van der Waals surface area contributed by atoms with Gasteiger partial charge in [0.05, 0.1) is 12.8 Å². The van der Waals surface area contributed by atoms with Gasteiger partial charge in [-0.25, -0.2) is 0 Å². The van der Waals surface area contributed by atoms with Crippen LogP contribution in [0.25, 0.3) is 0 Å². The third-order valence-electron chi connectivity index (χ3n) is 1.80. The third kappa shape index (κ3) is 4.61. The smallest absolute Gasteiger partial charge is 0.138 e. The monoisotopic (exact) mass is 257 g/mol. The largest absolute Gasteiger partial charge is 0.492 e.